The molecule has 6 nitrogen and oxygen atoms in total. The first-order valence-corrected chi connectivity index (χ1v) is 12.0. The van der Waals surface area contributed by atoms with E-state index >= 15 is 0 Å². The van der Waals surface area contributed by atoms with E-state index in [0.29, 0.717) is 16.7 Å². The molecule has 0 spiro atoms. The van der Waals surface area contributed by atoms with Crippen molar-refractivity contribution in [1.82, 2.24) is 5.32 Å². The lowest BCUT2D eigenvalue weighted by molar-refractivity contribution is 0.0600. The Hall–Kier alpha value is -4.71. The van der Waals surface area contributed by atoms with Gasteiger partial charge in [-0.3, -0.25) is 4.79 Å². The third-order valence-electron chi connectivity index (χ3n) is 6.56. The quantitative estimate of drug-likeness (QED) is 0.263. The molecule has 5 rings (SSSR count). The Morgan fingerprint density at radius 2 is 1.22 bits per heavy atom. The molecule has 0 saturated carbocycles. The second kappa shape index (κ2) is 10.5. The molecule has 1 aliphatic rings. The minimum Gasteiger partial charge on any atom is -0.465 e. The van der Waals surface area contributed by atoms with Crippen LogP contribution in [0, 0.1) is 0 Å². The first-order chi connectivity index (χ1) is 18.0. The van der Waals surface area contributed by atoms with E-state index in [1.54, 1.807) is 48.5 Å². The zero-order valence-corrected chi connectivity index (χ0v) is 20.3. The van der Waals surface area contributed by atoms with Gasteiger partial charge in [-0.25, -0.2) is 9.59 Å². The van der Waals surface area contributed by atoms with E-state index in [0.717, 1.165) is 16.7 Å². The van der Waals surface area contributed by atoms with Crippen LogP contribution in [0.25, 0.3) is 11.1 Å². The van der Waals surface area contributed by atoms with Crippen LogP contribution in [0.3, 0.4) is 0 Å². The number of nitrogens with one attached hydrogen (secondary N) is 1. The van der Waals surface area contributed by atoms with E-state index in [2.05, 4.69) is 34.3 Å². The van der Waals surface area contributed by atoms with Crippen molar-refractivity contribution in [2.24, 2.45) is 0 Å². The molecule has 1 aliphatic carbocycles. The number of carbonyl (C=O) groups is 3. The van der Waals surface area contributed by atoms with E-state index in [1.807, 2.05) is 24.3 Å². The summed E-state index contributed by atoms with van der Waals surface area (Å²) in [5.41, 5.74) is 6.89. The molecule has 37 heavy (non-hydrogen) atoms. The lowest BCUT2D eigenvalue weighted by Gasteiger charge is -2.14. The summed E-state index contributed by atoms with van der Waals surface area (Å²) in [6.45, 7) is 0.529. The van der Waals surface area contributed by atoms with Gasteiger partial charge in [0.2, 0.25) is 0 Å². The molecule has 0 heterocycles. The number of methoxy groups -OCH3 is 1. The van der Waals surface area contributed by atoms with Crippen LogP contribution >= 0.6 is 0 Å². The molecule has 0 bridgehead atoms. The number of esters is 1. The molecule has 0 aliphatic heterocycles. The summed E-state index contributed by atoms with van der Waals surface area (Å²) in [5, 5.41) is 2.78. The van der Waals surface area contributed by atoms with Crippen molar-refractivity contribution in [3.05, 3.63) is 130 Å². The van der Waals surface area contributed by atoms with Gasteiger partial charge in [-0.2, -0.15) is 0 Å². The number of fused-ring (bicyclic) bond motifs is 3. The Labute approximate surface area is 214 Å². The number of carbonyl (C=O) groups excluding carboxylic acids is 3. The predicted octanol–water partition coefficient (Wildman–Crippen LogP) is 5.74. The number of ether oxygens (including phenoxy) is 2. The lowest BCUT2D eigenvalue weighted by atomic mass is 9.98. The molecule has 4 aromatic carbocycles. The third kappa shape index (κ3) is 5.00. The van der Waals surface area contributed by atoms with Gasteiger partial charge in [0, 0.05) is 23.6 Å². The molecule has 0 saturated heterocycles. The normalized spacial score (nSPS) is 11.8. The standard InChI is InChI=1S/C31H25NO5/c1-36-30(34)23-16-14-22(15-17-23)29(33)21-12-10-20(11-13-21)18-32-31(35)37-19-28-26-8-4-2-6-24(26)25-7-3-5-9-27(25)28/h2-17,28H,18-19H2,1H3,(H,32,35). The van der Waals surface area contributed by atoms with Crippen LogP contribution < -0.4 is 5.32 Å². The minimum atomic E-state index is -0.493. The molecule has 6 heteroatoms. The van der Waals surface area contributed by atoms with E-state index in [1.165, 1.54) is 18.2 Å². The summed E-state index contributed by atoms with van der Waals surface area (Å²) in [7, 11) is 1.31. The van der Waals surface area contributed by atoms with Crippen molar-refractivity contribution in [3.63, 3.8) is 0 Å². The van der Waals surface area contributed by atoms with E-state index in [4.69, 9.17) is 4.74 Å². The van der Waals surface area contributed by atoms with Gasteiger partial charge in [-0.15, -0.1) is 0 Å². The predicted molar refractivity (Wildman–Crippen MR) is 140 cm³/mol. The van der Waals surface area contributed by atoms with E-state index < -0.39 is 12.1 Å². The number of hydrogen-bond acceptors (Lipinski definition) is 5. The maximum Gasteiger partial charge on any atom is 0.407 e. The molecule has 1 N–H and O–H groups in total. The van der Waals surface area contributed by atoms with Gasteiger partial charge in [0.05, 0.1) is 12.7 Å². The number of alkyl carbamates (subject to hydrolysis) is 1. The summed E-state index contributed by atoms with van der Waals surface area (Å²) in [5.74, 6) is -0.607. The van der Waals surface area contributed by atoms with Crippen molar-refractivity contribution in [2.75, 3.05) is 13.7 Å². The molecule has 4 aromatic rings. The minimum absolute atomic E-state index is 0.00475. The zero-order valence-electron chi connectivity index (χ0n) is 20.3. The highest BCUT2D eigenvalue weighted by atomic mass is 16.5. The van der Waals surface area contributed by atoms with Crippen molar-refractivity contribution in [2.45, 2.75) is 12.5 Å². The molecule has 0 fully saturated rings. The van der Waals surface area contributed by atoms with E-state index in [9.17, 15) is 14.4 Å². The second-order valence-corrected chi connectivity index (χ2v) is 8.77. The van der Waals surface area contributed by atoms with Crippen LogP contribution in [0.2, 0.25) is 0 Å². The van der Waals surface area contributed by atoms with Gasteiger partial charge >= 0.3 is 12.1 Å². The van der Waals surface area contributed by atoms with Crippen molar-refractivity contribution in [1.29, 1.82) is 0 Å². The SMILES string of the molecule is COC(=O)c1ccc(C(=O)c2ccc(CNC(=O)OCC3c4ccccc4-c4ccccc43)cc2)cc1. The summed E-state index contributed by atoms with van der Waals surface area (Å²) in [4.78, 5) is 36.8. The highest BCUT2D eigenvalue weighted by Crippen LogP contribution is 2.44. The highest BCUT2D eigenvalue weighted by molar-refractivity contribution is 6.09. The Kier molecular flexibility index (Phi) is 6.81. The van der Waals surface area contributed by atoms with Gasteiger partial charge in [0.15, 0.2) is 5.78 Å². The van der Waals surface area contributed by atoms with Crippen molar-refractivity contribution in [3.8, 4) is 11.1 Å². The number of benzene rings is 4. The molecule has 0 unspecified atom stereocenters. The average Bonchev–Trinajstić information content (AvgIpc) is 3.28. The van der Waals surface area contributed by atoms with Crippen molar-refractivity contribution < 1.29 is 23.9 Å². The fraction of sp³-hybridized carbons (Fsp3) is 0.129. The lowest BCUT2D eigenvalue weighted by Crippen LogP contribution is -2.25. The van der Waals surface area contributed by atoms with Crippen LogP contribution in [-0.4, -0.2) is 31.6 Å². The Morgan fingerprint density at radius 3 is 1.78 bits per heavy atom. The van der Waals surface area contributed by atoms with Gasteiger partial charge in [-0.1, -0.05) is 84.9 Å². The molecule has 0 aromatic heterocycles. The molecule has 1 amide bonds. The molecule has 0 radical (unpaired) electrons. The average molecular weight is 492 g/mol. The summed E-state index contributed by atoms with van der Waals surface area (Å²) >= 11 is 0. The number of ketones is 1. The summed E-state index contributed by atoms with van der Waals surface area (Å²) < 4.78 is 10.3. The fourth-order valence-electron chi connectivity index (χ4n) is 4.64. The van der Waals surface area contributed by atoms with Gasteiger partial charge in [-0.05, 0) is 39.9 Å². The number of hydrogen-bond donors (Lipinski definition) is 1. The van der Waals surface area contributed by atoms with Crippen molar-refractivity contribution >= 4 is 17.8 Å². The number of rotatable bonds is 7. The van der Waals surface area contributed by atoms with E-state index in [-0.39, 0.29) is 24.9 Å². The smallest absolute Gasteiger partial charge is 0.407 e. The zero-order chi connectivity index (χ0) is 25.8. The first kappa shape index (κ1) is 24.0. The Balaban J connectivity index is 1.16. The first-order valence-electron chi connectivity index (χ1n) is 12.0. The molecular formula is C31H25NO5. The van der Waals surface area contributed by atoms with Crippen LogP contribution in [-0.2, 0) is 16.0 Å². The Morgan fingerprint density at radius 1 is 0.703 bits per heavy atom. The van der Waals surface area contributed by atoms with Gasteiger partial charge < -0.3 is 14.8 Å². The Bertz CT molecular complexity index is 1410. The van der Waals surface area contributed by atoms with Gasteiger partial charge in [0.1, 0.15) is 6.61 Å². The molecular weight excluding hydrogens is 466 g/mol. The maximum absolute atomic E-state index is 12.8. The highest BCUT2D eigenvalue weighted by Gasteiger charge is 2.28. The van der Waals surface area contributed by atoms with Crippen LogP contribution in [0.15, 0.2) is 97.1 Å². The third-order valence-corrected chi connectivity index (χ3v) is 6.56. The molecule has 0 atom stereocenters. The number of amides is 1. The topological polar surface area (TPSA) is 81.7 Å². The van der Waals surface area contributed by atoms with Gasteiger partial charge in [0.25, 0.3) is 0 Å². The monoisotopic (exact) mass is 491 g/mol. The second-order valence-electron chi connectivity index (χ2n) is 8.77. The van der Waals surface area contributed by atoms with Crippen LogP contribution in [0.4, 0.5) is 4.79 Å². The fourth-order valence-corrected chi connectivity index (χ4v) is 4.64. The van der Waals surface area contributed by atoms with Crippen LogP contribution in [0.5, 0.6) is 0 Å². The van der Waals surface area contributed by atoms with Crippen LogP contribution in [0.1, 0.15) is 48.9 Å². The largest absolute Gasteiger partial charge is 0.465 e. The summed E-state index contributed by atoms with van der Waals surface area (Å²) in [6, 6.07) is 29.7. The molecule has 184 valence electrons. The maximum atomic E-state index is 12.8. The summed E-state index contributed by atoms with van der Waals surface area (Å²) in [6.07, 6.45) is -0.493.